The second-order valence-corrected chi connectivity index (χ2v) is 7.11. The maximum absolute atomic E-state index is 12.3. The number of benzene rings is 1. The molecule has 1 saturated heterocycles. The Morgan fingerprint density at radius 1 is 1.23 bits per heavy atom. The van der Waals surface area contributed by atoms with Gasteiger partial charge in [-0.2, -0.15) is 0 Å². The Bertz CT molecular complexity index is 742. The average molecular weight is 419 g/mol. The molecule has 11 heteroatoms. The molecule has 2 amide bonds. The Morgan fingerprint density at radius 2 is 2.00 bits per heavy atom. The molecule has 11 nitrogen and oxygen atoms in total. The Kier molecular flexibility index (Phi) is 9.52. The normalized spacial score (nSPS) is 18.6. The quantitative estimate of drug-likeness (QED) is 0.109. The number of rotatable bonds is 11. The monoisotopic (exact) mass is 419 g/mol. The molecule has 2 rings (SSSR count). The fourth-order valence-electron chi connectivity index (χ4n) is 3.16. The number of nitro groups is 1. The molecule has 164 valence electrons. The van der Waals surface area contributed by atoms with Crippen molar-refractivity contribution in [3.8, 4) is 0 Å². The van der Waals surface area contributed by atoms with Crippen LogP contribution in [-0.4, -0.2) is 48.0 Å². The standard InChI is InChI=1S/C19H29N7O4/c20-19(25-26(29)30)21-10-6-2-5-9-17(27)24-15-11-16(22-13-15)18(28)23-12-14-7-3-1-4-8-14/h1,3-4,7-8,15-16,22H,2,5-6,9-13H2,(H,23,28)(H,24,27)(H3,20,21,25)/t15-,16-/m0/s1. The lowest BCUT2D eigenvalue weighted by Gasteiger charge is -2.13. The summed E-state index contributed by atoms with van der Waals surface area (Å²) >= 11 is 0. The van der Waals surface area contributed by atoms with E-state index in [1.165, 1.54) is 0 Å². The van der Waals surface area contributed by atoms with Crippen molar-refractivity contribution in [3.63, 3.8) is 0 Å². The molecule has 0 aromatic heterocycles. The van der Waals surface area contributed by atoms with Crippen molar-refractivity contribution in [1.29, 1.82) is 0 Å². The number of hydrogen-bond donors (Lipinski definition) is 5. The van der Waals surface area contributed by atoms with Crippen LogP contribution in [0.5, 0.6) is 0 Å². The highest BCUT2D eigenvalue weighted by Gasteiger charge is 2.29. The molecule has 0 radical (unpaired) electrons. The molecule has 0 bridgehead atoms. The van der Waals surface area contributed by atoms with E-state index < -0.39 is 5.03 Å². The summed E-state index contributed by atoms with van der Waals surface area (Å²) in [6.45, 7) is 1.40. The zero-order chi connectivity index (χ0) is 21.8. The number of hydrazine groups is 1. The third-order valence-corrected chi connectivity index (χ3v) is 4.67. The molecule has 0 spiro atoms. The summed E-state index contributed by atoms with van der Waals surface area (Å²) in [6, 6.07) is 9.32. The number of guanidine groups is 1. The van der Waals surface area contributed by atoms with E-state index in [9.17, 15) is 19.7 Å². The van der Waals surface area contributed by atoms with Gasteiger partial charge in [-0.3, -0.25) is 9.59 Å². The molecule has 1 aromatic carbocycles. The van der Waals surface area contributed by atoms with Gasteiger partial charge >= 0.3 is 0 Å². The van der Waals surface area contributed by atoms with Crippen molar-refractivity contribution in [2.45, 2.75) is 50.7 Å². The van der Waals surface area contributed by atoms with Crippen LogP contribution in [0.1, 0.15) is 37.7 Å². The molecule has 1 fully saturated rings. The van der Waals surface area contributed by atoms with Gasteiger partial charge in [-0.1, -0.05) is 42.2 Å². The lowest BCUT2D eigenvalue weighted by atomic mass is 10.1. The van der Waals surface area contributed by atoms with Gasteiger partial charge in [-0.15, -0.1) is 0 Å². The number of hydrogen-bond acceptors (Lipinski definition) is 6. The topological polar surface area (TPSA) is 164 Å². The lowest BCUT2D eigenvalue weighted by molar-refractivity contribution is -0.525. The highest BCUT2D eigenvalue weighted by atomic mass is 16.7. The summed E-state index contributed by atoms with van der Waals surface area (Å²) in [5.74, 6) is -0.346. The first-order chi connectivity index (χ1) is 14.4. The predicted molar refractivity (Wildman–Crippen MR) is 112 cm³/mol. The highest BCUT2D eigenvalue weighted by Crippen LogP contribution is 2.09. The fourth-order valence-corrected chi connectivity index (χ4v) is 3.16. The van der Waals surface area contributed by atoms with E-state index in [-0.39, 0.29) is 29.9 Å². The summed E-state index contributed by atoms with van der Waals surface area (Å²) in [5, 5.41) is 18.4. The summed E-state index contributed by atoms with van der Waals surface area (Å²) in [5.41, 5.74) is 8.12. The first-order valence-electron chi connectivity index (χ1n) is 9.99. The van der Waals surface area contributed by atoms with E-state index in [2.05, 4.69) is 20.9 Å². The Morgan fingerprint density at radius 3 is 2.73 bits per heavy atom. The molecule has 6 N–H and O–H groups in total. The van der Waals surface area contributed by atoms with E-state index in [1.54, 1.807) is 5.43 Å². The summed E-state index contributed by atoms with van der Waals surface area (Å²) in [7, 11) is 0. The Labute approximate surface area is 175 Å². The molecule has 0 saturated carbocycles. The number of nitrogens with two attached hydrogens (primary N) is 1. The third kappa shape index (κ3) is 8.86. The summed E-state index contributed by atoms with van der Waals surface area (Å²) < 4.78 is 0. The van der Waals surface area contributed by atoms with Gasteiger partial charge < -0.3 is 21.7 Å². The van der Waals surface area contributed by atoms with Gasteiger partial charge in [0.15, 0.2) is 5.03 Å². The van der Waals surface area contributed by atoms with Crippen molar-refractivity contribution < 1.29 is 14.6 Å². The van der Waals surface area contributed by atoms with E-state index in [0.29, 0.717) is 45.3 Å². The van der Waals surface area contributed by atoms with Crippen molar-refractivity contribution in [1.82, 2.24) is 21.4 Å². The van der Waals surface area contributed by atoms with Crippen LogP contribution in [0.15, 0.2) is 35.3 Å². The molecule has 0 aliphatic carbocycles. The van der Waals surface area contributed by atoms with Gasteiger partial charge in [0, 0.05) is 32.1 Å². The van der Waals surface area contributed by atoms with Crippen LogP contribution in [0.2, 0.25) is 0 Å². The predicted octanol–water partition coefficient (Wildman–Crippen LogP) is -0.194. The van der Waals surface area contributed by atoms with Gasteiger partial charge in [0.2, 0.25) is 11.8 Å². The highest BCUT2D eigenvalue weighted by molar-refractivity contribution is 5.82. The number of amides is 2. The van der Waals surface area contributed by atoms with Crippen LogP contribution in [0.25, 0.3) is 0 Å². The van der Waals surface area contributed by atoms with E-state index in [1.807, 2.05) is 30.3 Å². The molecular weight excluding hydrogens is 390 g/mol. The van der Waals surface area contributed by atoms with Crippen molar-refractivity contribution >= 4 is 17.8 Å². The van der Waals surface area contributed by atoms with Crippen LogP contribution < -0.4 is 27.1 Å². The number of unbranched alkanes of at least 4 members (excludes halogenated alkanes) is 2. The lowest BCUT2D eigenvalue weighted by Crippen LogP contribution is -2.40. The molecule has 1 aromatic rings. The number of nitrogens with zero attached hydrogens (tertiary/aromatic N) is 2. The first-order valence-corrected chi connectivity index (χ1v) is 9.99. The van der Waals surface area contributed by atoms with Gasteiger partial charge in [-0.05, 0) is 24.8 Å². The third-order valence-electron chi connectivity index (χ3n) is 4.67. The van der Waals surface area contributed by atoms with Crippen molar-refractivity contribution in [3.05, 3.63) is 46.0 Å². The summed E-state index contributed by atoms with van der Waals surface area (Å²) in [4.78, 5) is 38.4. The smallest absolute Gasteiger partial charge is 0.251 e. The molecule has 2 atom stereocenters. The maximum atomic E-state index is 12.3. The largest absolute Gasteiger partial charge is 0.365 e. The second-order valence-electron chi connectivity index (χ2n) is 7.11. The zero-order valence-electron chi connectivity index (χ0n) is 16.8. The van der Waals surface area contributed by atoms with Crippen LogP contribution >= 0.6 is 0 Å². The SMILES string of the molecule is NC(=NCCCCCC(=O)N[C@@H]1CN[C@H](C(=O)NCc2ccccc2)C1)N[N+](=O)[O-]. The number of nitrogens with one attached hydrogen (secondary N) is 4. The van der Waals surface area contributed by atoms with E-state index in [4.69, 9.17) is 5.73 Å². The molecule has 1 aliphatic rings. The molecule has 0 unspecified atom stereocenters. The number of carbonyl (C=O) groups excluding carboxylic acids is 2. The molecule has 1 aliphatic heterocycles. The summed E-state index contributed by atoms with van der Waals surface area (Å²) in [6.07, 6.45) is 3.07. The van der Waals surface area contributed by atoms with Crippen LogP contribution in [0.3, 0.4) is 0 Å². The minimum Gasteiger partial charge on any atom is -0.365 e. The Balaban J connectivity index is 1.56. The number of carbonyl (C=O) groups is 2. The van der Waals surface area contributed by atoms with Crippen LogP contribution in [-0.2, 0) is 16.1 Å². The van der Waals surface area contributed by atoms with Crippen LogP contribution in [0, 0.1) is 10.1 Å². The minimum atomic E-state index is -0.765. The molecule has 1 heterocycles. The minimum absolute atomic E-state index is 0.0508. The first kappa shape index (κ1) is 23.1. The van der Waals surface area contributed by atoms with Crippen molar-refractivity contribution in [2.24, 2.45) is 10.7 Å². The number of aliphatic imine (C=N–C) groups is 1. The van der Waals surface area contributed by atoms with Crippen molar-refractivity contribution in [2.75, 3.05) is 13.1 Å². The molecule has 30 heavy (non-hydrogen) atoms. The van der Waals surface area contributed by atoms with Crippen LogP contribution in [0.4, 0.5) is 0 Å². The second kappa shape index (κ2) is 12.4. The van der Waals surface area contributed by atoms with Gasteiger partial charge in [0.1, 0.15) is 0 Å². The van der Waals surface area contributed by atoms with Gasteiger partial charge in [0.05, 0.1) is 6.04 Å². The zero-order valence-corrected chi connectivity index (χ0v) is 16.8. The van der Waals surface area contributed by atoms with Gasteiger partial charge in [-0.25, -0.2) is 15.1 Å². The molecular formula is C19H29N7O4. The van der Waals surface area contributed by atoms with E-state index in [0.717, 1.165) is 12.0 Å². The van der Waals surface area contributed by atoms with E-state index >= 15 is 0 Å². The average Bonchev–Trinajstić information content (AvgIpc) is 3.17. The maximum Gasteiger partial charge on any atom is 0.251 e. The van der Waals surface area contributed by atoms with Gasteiger partial charge in [0.25, 0.3) is 5.96 Å². The Hall–Kier alpha value is -3.21. The fraction of sp³-hybridized carbons (Fsp3) is 0.526.